The third kappa shape index (κ3) is 5.01. The lowest BCUT2D eigenvalue weighted by molar-refractivity contribution is 0.0735. The number of hydrogen-bond acceptors (Lipinski definition) is 6. The molecule has 1 saturated heterocycles. The summed E-state index contributed by atoms with van der Waals surface area (Å²) >= 11 is 0. The smallest absolute Gasteiger partial charge is 0.272 e. The molecule has 178 valence electrons. The van der Waals surface area contributed by atoms with Gasteiger partial charge < -0.3 is 15.1 Å². The van der Waals surface area contributed by atoms with Crippen LogP contribution in [0, 0.1) is 13.8 Å². The van der Waals surface area contributed by atoms with Crippen LogP contribution in [0.15, 0.2) is 66.7 Å². The highest BCUT2D eigenvalue weighted by Gasteiger charge is 2.26. The van der Waals surface area contributed by atoms with Gasteiger partial charge in [0.15, 0.2) is 0 Å². The molecule has 1 N–H and O–H groups in total. The summed E-state index contributed by atoms with van der Waals surface area (Å²) in [5.41, 5.74) is 4.60. The molecule has 8 nitrogen and oxygen atoms in total. The summed E-state index contributed by atoms with van der Waals surface area (Å²) in [6, 6.07) is 22.0. The van der Waals surface area contributed by atoms with Crippen LogP contribution in [0.25, 0.3) is 11.3 Å². The first-order valence-electron chi connectivity index (χ1n) is 11.8. The van der Waals surface area contributed by atoms with E-state index in [1.165, 1.54) is 5.56 Å². The van der Waals surface area contributed by atoms with Crippen molar-refractivity contribution in [3.05, 3.63) is 83.8 Å². The number of benzene rings is 2. The van der Waals surface area contributed by atoms with E-state index in [2.05, 4.69) is 44.3 Å². The average molecular weight is 468 g/mol. The fourth-order valence-corrected chi connectivity index (χ4v) is 4.28. The lowest BCUT2D eigenvalue weighted by Crippen LogP contribution is -2.49. The van der Waals surface area contributed by atoms with Gasteiger partial charge in [0, 0.05) is 50.5 Å². The number of carbonyl (C=O) groups is 1. The van der Waals surface area contributed by atoms with Gasteiger partial charge in [0.1, 0.15) is 23.2 Å². The molecule has 35 heavy (non-hydrogen) atoms. The number of piperazine rings is 1. The highest BCUT2D eigenvalue weighted by molar-refractivity contribution is 5.94. The summed E-state index contributed by atoms with van der Waals surface area (Å²) in [5.74, 6) is 2.34. The fourth-order valence-electron chi connectivity index (χ4n) is 4.28. The minimum absolute atomic E-state index is 0.00225. The van der Waals surface area contributed by atoms with Crippen molar-refractivity contribution in [2.45, 2.75) is 13.8 Å². The summed E-state index contributed by atoms with van der Waals surface area (Å²) in [6.45, 7) is 6.61. The summed E-state index contributed by atoms with van der Waals surface area (Å²) < 4.78 is 1.67. The topological polar surface area (TPSA) is 79.2 Å². The maximum absolute atomic E-state index is 13.3. The molecule has 0 atom stereocenters. The Balaban J connectivity index is 1.26. The zero-order valence-corrected chi connectivity index (χ0v) is 20.3. The monoisotopic (exact) mass is 467 g/mol. The Morgan fingerprint density at radius 1 is 0.886 bits per heavy atom. The summed E-state index contributed by atoms with van der Waals surface area (Å²) in [6.07, 6.45) is 0. The molecule has 0 radical (unpaired) electrons. The number of carbonyl (C=O) groups excluding carboxylic acids is 1. The molecular formula is C27H29N7O. The first-order valence-corrected chi connectivity index (χ1v) is 11.8. The van der Waals surface area contributed by atoms with Crippen LogP contribution in [-0.4, -0.2) is 56.7 Å². The van der Waals surface area contributed by atoms with Crippen LogP contribution in [0.5, 0.6) is 0 Å². The van der Waals surface area contributed by atoms with E-state index in [1.54, 1.807) is 4.68 Å². The maximum atomic E-state index is 13.3. The van der Waals surface area contributed by atoms with E-state index < -0.39 is 0 Å². The number of hydrogen-bond donors (Lipinski definition) is 1. The van der Waals surface area contributed by atoms with Gasteiger partial charge >= 0.3 is 0 Å². The van der Waals surface area contributed by atoms with Gasteiger partial charge in [-0.15, -0.1) is 0 Å². The van der Waals surface area contributed by atoms with E-state index in [-0.39, 0.29) is 5.91 Å². The quantitative estimate of drug-likeness (QED) is 0.474. The third-order valence-electron chi connectivity index (χ3n) is 6.21. The molecule has 0 aliphatic carbocycles. The molecule has 0 unspecified atom stereocenters. The van der Waals surface area contributed by atoms with Gasteiger partial charge in [0.2, 0.25) is 0 Å². The number of amides is 1. The van der Waals surface area contributed by atoms with Crippen molar-refractivity contribution >= 4 is 23.2 Å². The minimum atomic E-state index is 0.00225. The number of anilines is 3. The Bertz CT molecular complexity index is 1320. The largest absolute Gasteiger partial charge is 0.353 e. The first kappa shape index (κ1) is 22.6. The second-order valence-electron chi connectivity index (χ2n) is 8.83. The van der Waals surface area contributed by atoms with Crippen LogP contribution < -0.4 is 10.2 Å². The number of aryl methyl sites for hydroxylation is 3. The van der Waals surface area contributed by atoms with Gasteiger partial charge in [-0.05, 0) is 32.0 Å². The van der Waals surface area contributed by atoms with Crippen LogP contribution in [0.1, 0.15) is 21.9 Å². The molecule has 0 spiro atoms. The number of aromatic nitrogens is 4. The minimum Gasteiger partial charge on any atom is -0.353 e. The average Bonchev–Trinajstić information content (AvgIpc) is 3.27. The molecule has 0 saturated carbocycles. The molecule has 1 amide bonds. The Hall–Kier alpha value is -4.20. The summed E-state index contributed by atoms with van der Waals surface area (Å²) in [7, 11) is 1.82. The molecule has 3 heterocycles. The van der Waals surface area contributed by atoms with Gasteiger partial charge in [-0.3, -0.25) is 9.48 Å². The number of nitrogens with one attached hydrogen (secondary N) is 1. The van der Waals surface area contributed by atoms with Crippen LogP contribution >= 0.6 is 0 Å². The highest BCUT2D eigenvalue weighted by Crippen LogP contribution is 2.23. The van der Waals surface area contributed by atoms with E-state index >= 15 is 0 Å². The van der Waals surface area contributed by atoms with Crippen LogP contribution in [0.4, 0.5) is 17.3 Å². The van der Waals surface area contributed by atoms with E-state index in [9.17, 15) is 4.79 Å². The predicted molar refractivity (Wildman–Crippen MR) is 138 cm³/mol. The Kier molecular flexibility index (Phi) is 6.18. The van der Waals surface area contributed by atoms with Gasteiger partial charge in [0.05, 0.1) is 5.69 Å². The molecule has 8 heteroatoms. The van der Waals surface area contributed by atoms with E-state index in [1.807, 2.05) is 73.5 Å². The van der Waals surface area contributed by atoms with Gasteiger partial charge in [-0.1, -0.05) is 48.0 Å². The van der Waals surface area contributed by atoms with Gasteiger partial charge in [-0.2, -0.15) is 5.10 Å². The molecule has 5 rings (SSSR count). The van der Waals surface area contributed by atoms with E-state index in [0.717, 1.165) is 28.6 Å². The van der Waals surface area contributed by atoms with Gasteiger partial charge in [-0.25, -0.2) is 9.97 Å². The standard InChI is InChI=1S/C27H29N7O/c1-19-9-11-22(12-10-19)30-25-18-26(29-20(2)28-25)33-13-15-34(16-14-33)27(35)24-17-23(31-32(24)3)21-7-5-4-6-8-21/h4-12,17-18H,13-16H2,1-3H3,(H,28,29,30). The van der Waals surface area contributed by atoms with E-state index in [0.29, 0.717) is 37.7 Å². The van der Waals surface area contributed by atoms with E-state index in [4.69, 9.17) is 0 Å². The Morgan fingerprint density at radius 3 is 2.31 bits per heavy atom. The van der Waals surface area contributed by atoms with Crippen molar-refractivity contribution < 1.29 is 4.79 Å². The second kappa shape index (κ2) is 9.58. The van der Waals surface area contributed by atoms with Crippen molar-refractivity contribution in [3.63, 3.8) is 0 Å². The molecule has 1 aliphatic heterocycles. The molecule has 1 aliphatic rings. The molecule has 4 aromatic rings. The maximum Gasteiger partial charge on any atom is 0.272 e. The summed E-state index contributed by atoms with van der Waals surface area (Å²) in [5, 5.41) is 7.92. The lowest BCUT2D eigenvalue weighted by Gasteiger charge is -2.35. The van der Waals surface area contributed by atoms with Crippen molar-refractivity contribution in [1.29, 1.82) is 0 Å². The van der Waals surface area contributed by atoms with Crippen molar-refractivity contribution in [3.8, 4) is 11.3 Å². The first-order chi connectivity index (χ1) is 17.0. The fraction of sp³-hybridized carbons (Fsp3) is 0.259. The molecule has 2 aromatic heterocycles. The predicted octanol–water partition coefficient (Wildman–Crippen LogP) is 4.20. The lowest BCUT2D eigenvalue weighted by atomic mass is 10.1. The Morgan fingerprint density at radius 2 is 1.60 bits per heavy atom. The SMILES string of the molecule is Cc1ccc(Nc2cc(N3CCN(C(=O)c4cc(-c5ccccc5)nn4C)CC3)nc(C)n2)cc1. The highest BCUT2D eigenvalue weighted by atomic mass is 16.2. The summed E-state index contributed by atoms with van der Waals surface area (Å²) in [4.78, 5) is 26.5. The number of nitrogens with zero attached hydrogens (tertiary/aromatic N) is 6. The zero-order valence-electron chi connectivity index (χ0n) is 20.3. The van der Waals surface area contributed by atoms with Crippen molar-refractivity contribution in [1.82, 2.24) is 24.6 Å². The van der Waals surface area contributed by atoms with Crippen LogP contribution in [0.2, 0.25) is 0 Å². The number of rotatable bonds is 5. The zero-order chi connectivity index (χ0) is 24.4. The molecule has 2 aromatic carbocycles. The van der Waals surface area contributed by atoms with Crippen LogP contribution in [0.3, 0.4) is 0 Å². The van der Waals surface area contributed by atoms with Gasteiger partial charge in [0.25, 0.3) is 5.91 Å². The van der Waals surface area contributed by atoms with Crippen molar-refractivity contribution in [2.75, 3.05) is 36.4 Å². The van der Waals surface area contributed by atoms with Crippen molar-refractivity contribution in [2.24, 2.45) is 7.05 Å². The molecule has 0 bridgehead atoms. The second-order valence-corrected chi connectivity index (χ2v) is 8.83. The van der Waals surface area contributed by atoms with Crippen LogP contribution in [-0.2, 0) is 7.05 Å². The molecular weight excluding hydrogens is 438 g/mol. The molecule has 1 fully saturated rings. The Labute approximate surface area is 205 Å². The third-order valence-corrected chi connectivity index (χ3v) is 6.21. The normalized spacial score (nSPS) is 13.7.